The largest absolute Gasteiger partial charge is 0.417 e. The Morgan fingerprint density at radius 1 is 1.00 bits per heavy atom. The number of nitrogens with one attached hydrogen (secondary N) is 1. The lowest BCUT2D eigenvalue weighted by molar-refractivity contribution is -0.137. The predicted octanol–water partition coefficient (Wildman–Crippen LogP) is 6.70. The summed E-state index contributed by atoms with van der Waals surface area (Å²) in [6, 6.07) is 13.2. The van der Waals surface area contributed by atoms with Crippen LogP contribution in [0, 0.1) is 0 Å². The molecule has 0 saturated heterocycles. The second kappa shape index (κ2) is 9.25. The fourth-order valence-electron chi connectivity index (χ4n) is 2.88. The van der Waals surface area contributed by atoms with Gasteiger partial charge in [0.15, 0.2) is 0 Å². The van der Waals surface area contributed by atoms with Gasteiger partial charge in [-0.15, -0.1) is 0 Å². The van der Waals surface area contributed by atoms with Crippen LogP contribution in [0.1, 0.15) is 21.5 Å². The van der Waals surface area contributed by atoms with E-state index >= 15 is 0 Å². The second-order valence-electron chi connectivity index (χ2n) is 6.33. The van der Waals surface area contributed by atoms with Gasteiger partial charge in [-0.2, -0.15) is 13.2 Å². The predicted molar refractivity (Wildman–Crippen MR) is 112 cm³/mol. The molecule has 0 bridgehead atoms. The zero-order valence-electron chi connectivity index (χ0n) is 15.2. The van der Waals surface area contributed by atoms with E-state index in [-0.39, 0.29) is 16.9 Å². The zero-order valence-corrected chi connectivity index (χ0v) is 17.5. The summed E-state index contributed by atoms with van der Waals surface area (Å²) in [6.07, 6.45) is -4.27. The van der Waals surface area contributed by atoms with Gasteiger partial charge < -0.3 is 5.32 Å². The Kier molecular flexibility index (Phi) is 6.91. The number of hydrogen-bond acceptors (Lipinski definition) is 2. The van der Waals surface area contributed by atoms with Crippen molar-refractivity contribution in [2.75, 3.05) is 6.54 Å². The van der Waals surface area contributed by atoms with Gasteiger partial charge in [0, 0.05) is 17.1 Å². The highest BCUT2D eigenvalue weighted by Gasteiger charge is 2.34. The smallest absolute Gasteiger partial charge is 0.352 e. The molecule has 1 amide bonds. The van der Waals surface area contributed by atoms with Crippen molar-refractivity contribution < 1.29 is 18.0 Å². The number of nitrogens with zero attached hydrogens (tertiary/aromatic N) is 1. The molecule has 1 N–H and O–H groups in total. The summed E-state index contributed by atoms with van der Waals surface area (Å²) >= 11 is 18.2. The lowest BCUT2D eigenvalue weighted by atomic mass is 10.0. The van der Waals surface area contributed by atoms with Crippen molar-refractivity contribution in [1.82, 2.24) is 10.3 Å². The Morgan fingerprint density at radius 3 is 2.40 bits per heavy atom. The van der Waals surface area contributed by atoms with Gasteiger partial charge in [0.2, 0.25) is 0 Å². The highest BCUT2D eigenvalue weighted by molar-refractivity contribution is 6.34. The molecule has 0 spiro atoms. The molecular formula is C21H14Cl3F3N2O. The Balaban J connectivity index is 1.68. The summed E-state index contributed by atoms with van der Waals surface area (Å²) in [5, 5.41) is 3.45. The fourth-order valence-corrected chi connectivity index (χ4v) is 3.61. The number of halogens is 6. The first-order valence-electron chi connectivity index (χ1n) is 8.72. The molecule has 156 valence electrons. The van der Waals surface area contributed by atoms with E-state index in [1.807, 2.05) is 0 Å². The summed E-state index contributed by atoms with van der Waals surface area (Å²) in [5.74, 6) is -0.797. The number of hydrogen-bond donors (Lipinski definition) is 1. The maximum atomic E-state index is 13.1. The lowest BCUT2D eigenvalue weighted by Gasteiger charge is -2.13. The third-order valence-corrected chi connectivity index (χ3v) is 5.19. The number of carbonyl (C=O) groups is 1. The lowest BCUT2D eigenvalue weighted by Crippen LogP contribution is -2.28. The summed E-state index contributed by atoms with van der Waals surface area (Å²) in [7, 11) is 0. The molecule has 30 heavy (non-hydrogen) atoms. The van der Waals surface area contributed by atoms with E-state index in [1.54, 1.807) is 30.3 Å². The molecular weight excluding hydrogens is 460 g/mol. The van der Waals surface area contributed by atoms with E-state index < -0.39 is 23.2 Å². The van der Waals surface area contributed by atoms with Crippen LogP contribution in [0.4, 0.5) is 13.2 Å². The minimum absolute atomic E-state index is 0.118. The maximum absolute atomic E-state index is 13.1. The zero-order chi connectivity index (χ0) is 21.9. The highest BCUT2D eigenvalue weighted by atomic mass is 35.5. The van der Waals surface area contributed by atoms with Crippen molar-refractivity contribution in [3.05, 3.63) is 86.6 Å². The minimum atomic E-state index is -4.61. The van der Waals surface area contributed by atoms with Crippen molar-refractivity contribution in [3.63, 3.8) is 0 Å². The monoisotopic (exact) mass is 472 g/mol. The van der Waals surface area contributed by atoms with Crippen LogP contribution in [-0.2, 0) is 12.6 Å². The molecule has 0 aliphatic heterocycles. The average Bonchev–Trinajstić information content (AvgIpc) is 2.68. The Bertz CT molecular complexity index is 1090. The molecule has 0 atom stereocenters. The van der Waals surface area contributed by atoms with Gasteiger partial charge in [-0.05, 0) is 47.9 Å². The molecule has 3 rings (SSSR count). The Hall–Kier alpha value is -2.28. The molecule has 3 aromatic rings. The summed E-state index contributed by atoms with van der Waals surface area (Å²) in [6.45, 7) is 0.118. The van der Waals surface area contributed by atoms with Gasteiger partial charge in [0.25, 0.3) is 5.91 Å². The maximum Gasteiger partial charge on any atom is 0.417 e. The summed E-state index contributed by atoms with van der Waals surface area (Å²) in [5.41, 5.74) is 0.727. The standard InChI is InChI=1S/C21H14Cl3F3N2O/c22-17-11-13(14-7-8-18(23)29-19(14)24)6-5-12(17)9-10-28-20(30)15-3-1-2-4-16(15)21(25,26)27/h1-8,11H,9-10H2,(H,28,30). The molecule has 0 saturated carbocycles. The van der Waals surface area contributed by atoms with Gasteiger partial charge >= 0.3 is 6.18 Å². The van der Waals surface area contributed by atoms with Gasteiger partial charge in [0.1, 0.15) is 10.3 Å². The molecule has 0 radical (unpaired) electrons. The van der Waals surface area contributed by atoms with Crippen LogP contribution < -0.4 is 5.32 Å². The average molecular weight is 474 g/mol. The van der Waals surface area contributed by atoms with Crippen molar-refractivity contribution in [2.24, 2.45) is 0 Å². The molecule has 2 aromatic carbocycles. The van der Waals surface area contributed by atoms with Gasteiger partial charge in [-0.25, -0.2) is 4.98 Å². The first-order valence-corrected chi connectivity index (χ1v) is 9.85. The van der Waals surface area contributed by atoms with Gasteiger partial charge in [-0.3, -0.25) is 4.79 Å². The number of benzene rings is 2. The van der Waals surface area contributed by atoms with Crippen molar-refractivity contribution in [3.8, 4) is 11.1 Å². The highest BCUT2D eigenvalue weighted by Crippen LogP contribution is 2.32. The first-order chi connectivity index (χ1) is 14.2. The van der Waals surface area contributed by atoms with Crippen LogP contribution in [0.5, 0.6) is 0 Å². The van der Waals surface area contributed by atoms with E-state index in [2.05, 4.69) is 10.3 Å². The van der Waals surface area contributed by atoms with Crippen molar-refractivity contribution in [1.29, 1.82) is 0 Å². The number of carbonyl (C=O) groups excluding carboxylic acids is 1. The van der Waals surface area contributed by atoms with Crippen LogP contribution in [0.3, 0.4) is 0 Å². The molecule has 0 aliphatic rings. The summed E-state index contributed by atoms with van der Waals surface area (Å²) in [4.78, 5) is 16.2. The fraction of sp³-hybridized carbons (Fsp3) is 0.143. The second-order valence-corrected chi connectivity index (χ2v) is 7.48. The van der Waals surface area contributed by atoms with Crippen molar-refractivity contribution >= 4 is 40.7 Å². The Morgan fingerprint density at radius 2 is 1.73 bits per heavy atom. The van der Waals surface area contributed by atoms with E-state index in [0.29, 0.717) is 17.0 Å². The number of aromatic nitrogens is 1. The molecule has 0 fully saturated rings. The van der Waals surface area contributed by atoms with Gasteiger partial charge in [-0.1, -0.05) is 59.1 Å². The molecule has 0 aliphatic carbocycles. The summed E-state index contributed by atoms with van der Waals surface area (Å²) < 4.78 is 39.2. The topological polar surface area (TPSA) is 42.0 Å². The van der Waals surface area contributed by atoms with Crippen molar-refractivity contribution in [2.45, 2.75) is 12.6 Å². The molecule has 1 heterocycles. The van der Waals surface area contributed by atoms with E-state index in [0.717, 1.165) is 23.3 Å². The number of pyridine rings is 1. The first kappa shape index (κ1) is 22.4. The number of rotatable bonds is 5. The normalized spacial score (nSPS) is 11.4. The molecule has 0 unspecified atom stereocenters. The van der Waals surface area contributed by atoms with Crippen LogP contribution in [0.25, 0.3) is 11.1 Å². The van der Waals surface area contributed by atoms with Crippen LogP contribution in [-0.4, -0.2) is 17.4 Å². The third-order valence-electron chi connectivity index (χ3n) is 4.34. The van der Waals surface area contributed by atoms with E-state index in [9.17, 15) is 18.0 Å². The number of alkyl halides is 3. The van der Waals surface area contributed by atoms with Crippen LogP contribution in [0.2, 0.25) is 15.3 Å². The van der Waals surface area contributed by atoms with E-state index in [1.165, 1.54) is 12.1 Å². The number of amides is 1. The van der Waals surface area contributed by atoms with Crippen LogP contribution in [0.15, 0.2) is 54.6 Å². The Labute approximate surface area is 185 Å². The van der Waals surface area contributed by atoms with Gasteiger partial charge in [0.05, 0.1) is 11.1 Å². The molecule has 9 heteroatoms. The van der Waals surface area contributed by atoms with E-state index in [4.69, 9.17) is 34.8 Å². The van der Waals surface area contributed by atoms with Crippen LogP contribution >= 0.6 is 34.8 Å². The minimum Gasteiger partial charge on any atom is -0.352 e. The quantitative estimate of drug-likeness (QED) is 0.419. The SMILES string of the molecule is O=C(NCCc1ccc(-c2ccc(Cl)nc2Cl)cc1Cl)c1ccccc1C(F)(F)F. The molecule has 3 nitrogen and oxygen atoms in total. The third kappa shape index (κ3) is 5.25. The molecule has 1 aromatic heterocycles.